The maximum absolute atomic E-state index is 11.9. The number of primary amides is 1. The zero-order valence-electron chi connectivity index (χ0n) is 12.8. The lowest BCUT2D eigenvalue weighted by atomic mass is 9.93. The van der Waals surface area contributed by atoms with Crippen LogP contribution in [0.15, 0.2) is 0 Å². The average Bonchev–Trinajstić information content (AvgIpc) is 2.82. The molecular weight excluding hydrogens is 238 g/mol. The van der Waals surface area contributed by atoms with Gasteiger partial charge in [0.1, 0.15) is 0 Å². The fraction of sp³-hybridized carbons (Fsp3) is 0.933. The van der Waals surface area contributed by atoms with E-state index in [4.69, 9.17) is 5.73 Å². The molecule has 0 bridgehead atoms. The van der Waals surface area contributed by atoms with Crippen molar-refractivity contribution in [2.75, 3.05) is 13.1 Å². The molecule has 1 saturated heterocycles. The van der Waals surface area contributed by atoms with Gasteiger partial charge >= 0.3 is 0 Å². The van der Waals surface area contributed by atoms with Crippen LogP contribution in [0, 0.1) is 5.41 Å². The lowest BCUT2D eigenvalue weighted by molar-refractivity contribution is -0.124. The van der Waals surface area contributed by atoms with E-state index in [9.17, 15) is 4.79 Å². The summed E-state index contributed by atoms with van der Waals surface area (Å²) >= 11 is 0. The fourth-order valence-electron chi connectivity index (χ4n) is 3.78. The summed E-state index contributed by atoms with van der Waals surface area (Å²) in [4.78, 5) is 14.5. The van der Waals surface area contributed by atoms with Crippen molar-refractivity contribution < 1.29 is 4.79 Å². The standard InChI is InChI=1S/C15H29N3O/c1-11(2)17-15(13(16)19)6-5-12(9-15)18-8-7-14(3,4)10-18/h11-12,17H,5-10H2,1-4H3,(H2,16,19). The zero-order chi connectivity index (χ0) is 14.3. The van der Waals surface area contributed by atoms with Gasteiger partial charge in [-0.3, -0.25) is 9.69 Å². The number of carbonyl (C=O) groups excluding carboxylic acids is 1. The van der Waals surface area contributed by atoms with Crippen molar-refractivity contribution in [2.24, 2.45) is 11.1 Å². The minimum atomic E-state index is -0.481. The van der Waals surface area contributed by atoms with Gasteiger partial charge in [-0.1, -0.05) is 13.8 Å². The largest absolute Gasteiger partial charge is 0.368 e. The minimum Gasteiger partial charge on any atom is -0.368 e. The Balaban J connectivity index is 2.03. The maximum atomic E-state index is 11.9. The third kappa shape index (κ3) is 3.11. The van der Waals surface area contributed by atoms with Crippen LogP contribution in [-0.2, 0) is 4.79 Å². The van der Waals surface area contributed by atoms with Gasteiger partial charge in [0.25, 0.3) is 0 Å². The van der Waals surface area contributed by atoms with Gasteiger partial charge < -0.3 is 11.1 Å². The van der Waals surface area contributed by atoms with E-state index in [1.54, 1.807) is 0 Å². The van der Waals surface area contributed by atoms with Gasteiger partial charge in [0.15, 0.2) is 0 Å². The third-order valence-electron chi connectivity index (χ3n) is 4.75. The van der Waals surface area contributed by atoms with Crippen molar-refractivity contribution in [3.63, 3.8) is 0 Å². The number of likely N-dealkylation sites (tertiary alicyclic amines) is 1. The number of hydrogen-bond donors (Lipinski definition) is 2. The molecule has 19 heavy (non-hydrogen) atoms. The monoisotopic (exact) mass is 267 g/mol. The number of nitrogens with two attached hydrogens (primary N) is 1. The normalized spacial score (nSPS) is 35.1. The lowest BCUT2D eigenvalue weighted by Crippen LogP contribution is -2.56. The number of nitrogens with one attached hydrogen (secondary N) is 1. The Hall–Kier alpha value is -0.610. The molecule has 1 saturated carbocycles. The van der Waals surface area contributed by atoms with Gasteiger partial charge in [0, 0.05) is 18.6 Å². The molecule has 3 N–H and O–H groups in total. The topological polar surface area (TPSA) is 58.4 Å². The van der Waals surface area contributed by atoms with E-state index in [1.165, 1.54) is 6.42 Å². The second-order valence-electron chi connectivity index (χ2n) is 7.53. The first-order chi connectivity index (χ1) is 8.74. The Kier molecular flexibility index (Phi) is 3.94. The van der Waals surface area contributed by atoms with Crippen molar-refractivity contribution in [2.45, 2.75) is 71.0 Å². The highest BCUT2D eigenvalue weighted by Crippen LogP contribution is 2.38. The van der Waals surface area contributed by atoms with Crippen LogP contribution in [0.2, 0.25) is 0 Å². The van der Waals surface area contributed by atoms with Crippen LogP contribution in [-0.4, -0.2) is 41.5 Å². The van der Waals surface area contributed by atoms with Crippen LogP contribution >= 0.6 is 0 Å². The first-order valence-corrected chi connectivity index (χ1v) is 7.56. The summed E-state index contributed by atoms with van der Waals surface area (Å²) in [6, 6.07) is 0.807. The SMILES string of the molecule is CC(C)NC1(C(N)=O)CCC(N2CCC(C)(C)C2)C1. The number of rotatable bonds is 4. The molecule has 4 heteroatoms. The van der Waals surface area contributed by atoms with Crippen LogP contribution < -0.4 is 11.1 Å². The van der Waals surface area contributed by atoms with E-state index in [0.29, 0.717) is 17.5 Å². The predicted octanol–water partition coefficient (Wildman–Crippen LogP) is 1.49. The Labute approximate surface area is 117 Å². The quantitative estimate of drug-likeness (QED) is 0.811. The molecule has 0 aromatic carbocycles. The highest BCUT2D eigenvalue weighted by molar-refractivity contribution is 5.85. The molecule has 1 heterocycles. The molecule has 2 aliphatic rings. The van der Waals surface area contributed by atoms with Crippen molar-refractivity contribution in [1.29, 1.82) is 0 Å². The molecule has 2 unspecified atom stereocenters. The first-order valence-electron chi connectivity index (χ1n) is 7.56. The number of amides is 1. The van der Waals surface area contributed by atoms with Gasteiger partial charge in [-0.05, 0) is 51.5 Å². The second-order valence-corrected chi connectivity index (χ2v) is 7.53. The van der Waals surface area contributed by atoms with Crippen LogP contribution in [0.4, 0.5) is 0 Å². The van der Waals surface area contributed by atoms with E-state index < -0.39 is 5.54 Å². The van der Waals surface area contributed by atoms with Gasteiger partial charge in [0.05, 0.1) is 5.54 Å². The molecule has 0 aromatic heterocycles. The second kappa shape index (κ2) is 5.06. The minimum absolute atomic E-state index is 0.179. The summed E-state index contributed by atoms with van der Waals surface area (Å²) < 4.78 is 0. The van der Waals surface area contributed by atoms with Crippen LogP contribution in [0.5, 0.6) is 0 Å². The Morgan fingerprint density at radius 2 is 2.05 bits per heavy atom. The highest BCUT2D eigenvalue weighted by Gasteiger charge is 2.47. The van der Waals surface area contributed by atoms with Crippen LogP contribution in [0.1, 0.15) is 53.4 Å². The first kappa shape index (κ1) is 14.8. The summed E-state index contributed by atoms with van der Waals surface area (Å²) in [6.45, 7) is 11.1. The van der Waals surface area contributed by atoms with E-state index >= 15 is 0 Å². The molecule has 1 amide bonds. The number of nitrogens with zero attached hydrogens (tertiary/aromatic N) is 1. The summed E-state index contributed by atoms with van der Waals surface area (Å²) in [7, 11) is 0. The maximum Gasteiger partial charge on any atom is 0.237 e. The molecule has 2 rings (SSSR count). The summed E-state index contributed by atoms with van der Waals surface area (Å²) in [6.07, 6.45) is 4.09. The highest BCUT2D eigenvalue weighted by atomic mass is 16.1. The molecule has 1 aliphatic heterocycles. The van der Waals surface area contributed by atoms with Gasteiger partial charge in [-0.15, -0.1) is 0 Å². The molecule has 2 fully saturated rings. The van der Waals surface area contributed by atoms with Crippen molar-refractivity contribution >= 4 is 5.91 Å². The van der Waals surface area contributed by atoms with E-state index in [0.717, 1.165) is 32.4 Å². The van der Waals surface area contributed by atoms with Crippen LogP contribution in [0.25, 0.3) is 0 Å². The lowest BCUT2D eigenvalue weighted by Gasteiger charge is -2.31. The van der Waals surface area contributed by atoms with Crippen molar-refractivity contribution in [3.05, 3.63) is 0 Å². The molecule has 0 radical (unpaired) electrons. The van der Waals surface area contributed by atoms with Crippen molar-refractivity contribution in [3.8, 4) is 0 Å². The molecule has 2 atom stereocenters. The number of carbonyl (C=O) groups is 1. The Morgan fingerprint density at radius 1 is 1.37 bits per heavy atom. The van der Waals surface area contributed by atoms with E-state index in [2.05, 4.69) is 37.9 Å². The predicted molar refractivity (Wildman–Crippen MR) is 77.8 cm³/mol. The molecule has 0 aromatic rings. The van der Waals surface area contributed by atoms with E-state index in [-0.39, 0.29) is 5.91 Å². The zero-order valence-corrected chi connectivity index (χ0v) is 12.8. The molecular formula is C15H29N3O. The summed E-state index contributed by atoms with van der Waals surface area (Å²) in [5, 5.41) is 3.43. The Morgan fingerprint density at radius 3 is 2.53 bits per heavy atom. The number of hydrogen-bond acceptors (Lipinski definition) is 3. The summed E-state index contributed by atoms with van der Waals surface area (Å²) in [5.74, 6) is -0.179. The van der Waals surface area contributed by atoms with E-state index in [1.807, 2.05) is 0 Å². The fourth-order valence-corrected chi connectivity index (χ4v) is 3.78. The van der Waals surface area contributed by atoms with Gasteiger partial charge in [-0.25, -0.2) is 0 Å². The average molecular weight is 267 g/mol. The van der Waals surface area contributed by atoms with Gasteiger partial charge in [0.2, 0.25) is 5.91 Å². The smallest absolute Gasteiger partial charge is 0.237 e. The van der Waals surface area contributed by atoms with Crippen LogP contribution in [0.3, 0.4) is 0 Å². The van der Waals surface area contributed by atoms with Gasteiger partial charge in [-0.2, -0.15) is 0 Å². The summed E-state index contributed by atoms with van der Waals surface area (Å²) in [5.41, 5.74) is 5.61. The molecule has 4 nitrogen and oxygen atoms in total. The third-order valence-corrected chi connectivity index (χ3v) is 4.75. The molecule has 0 spiro atoms. The molecule has 1 aliphatic carbocycles. The van der Waals surface area contributed by atoms with Crippen molar-refractivity contribution in [1.82, 2.24) is 10.2 Å². The Bertz CT molecular complexity index is 353. The molecule has 110 valence electrons.